The lowest BCUT2D eigenvalue weighted by Gasteiger charge is -2.03. The first-order chi connectivity index (χ1) is 8.13. The van der Waals surface area contributed by atoms with E-state index in [0.717, 1.165) is 12.8 Å². The number of hydrogen-bond donors (Lipinski definition) is 1. The molecule has 92 valence electrons. The summed E-state index contributed by atoms with van der Waals surface area (Å²) in [6.45, 7) is 5.14. The van der Waals surface area contributed by atoms with E-state index in [1.807, 2.05) is 11.7 Å². The molecule has 0 saturated heterocycles. The highest BCUT2D eigenvalue weighted by Crippen LogP contribution is 2.23. The molecule has 2 N–H and O–H groups in total. The smallest absolute Gasteiger partial charge is 0.0714 e. The Morgan fingerprint density at radius 3 is 2.76 bits per heavy atom. The van der Waals surface area contributed by atoms with Gasteiger partial charge in [-0.25, -0.2) is 0 Å². The maximum Gasteiger partial charge on any atom is 0.0714 e. The third-order valence-electron chi connectivity index (χ3n) is 3.04. The van der Waals surface area contributed by atoms with Gasteiger partial charge in [0.05, 0.1) is 11.2 Å². The Hall–Kier alpha value is -1.35. The molecule has 17 heavy (non-hydrogen) atoms. The molecule has 0 bridgehead atoms. The van der Waals surface area contributed by atoms with Crippen molar-refractivity contribution < 1.29 is 0 Å². The second kappa shape index (κ2) is 4.88. The van der Waals surface area contributed by atoms with Gasteiger partial charge in [-0.3, -0.25) is 4.68 Å². The van der Waals surface area contributed by atoms with Gasteiger partial charge in [-0.2, -0.15) is 5.10 Å². The fourth-order valence-electron chi connectivity index (χ4n) is 2.39. The lowest BCUT2D eigenvalue weighted by atomic mass is 10.0. The van der Waals surface area contributed by atoms with E-state index in [9.17, 15) is 0 Å². The van der Waals surface area contributed by atoms with E-state index in [-0.39, 0.29) is 0 Å². The Balaban J connectivity index is 2.55. The molecule has 0 aliphatic heterocycles. The van der Waals surface area contributed by atoms with Crippen molar-refractivity contribution in [3.05, 3.63) is 29.5 Å². The van der Waals surface area contributed by atoms with Crippen molar-refractivity contribution in [3.8, 4) is 0 Å². The second-order valence-corrected chi connectivity index (χ2v) is 5.02. The summed E-state index contributed by atoms with van der Waals surface area (Å²) in [5.74, 6) is 0.631. The van der Waals surface area contributed by atoms with Gasteiger partial charge in [-0.15, -0.1) is 0 Å². The average molecular weight is 231 g/mol. The van der Waals surface area contributed by atoms with Gasteiger partial charge in [-0.1, -0.05) is 32.0 Å². The zero-order valence-electron chi connectivity index (χ0n) is 10.9. The second-order valence-electron chi connectivity index (χ2n) is 5.02. The van der Waals surface area contributed by atoms with Crippen molar-refractivity contribution in [3.63, 3.8) is 0 Å². The van der Waals surface area contributed by atoms with E-state index in [1.54, 1.807) is 0 Å². The van der Waals surface area contributed by atoms with Gasteiger partial charge in [0.1, 0.15) is 0 Å². The van der Waals surface area contributed by atoms with Crippen molar-refractivity contribution >= 4 is 10.9 Å². The molecule has 3 heteroatoms. The molecule has 2 aromatic rings. The molecule has 0 amide bonds. The van der Waals surface area contributed by atoms with E-state index in [1.165, 1.54) is 22.2 Å². The Bertz CT molecular complexity index is 511. The monoisotopic (exact) mass is 231 g/mol. The third kappa shape index (κ3) is 2.34. The molecule has 0 unspecified atom stereocenters. The molecule has 0 spiro atoms. The molecule has 1 aromatic carbocycles. The van der Waals surface area contributed by atoms with Crippen LogP contribution in [0.15, 0.2) is 18.2 Å². The first-order valence-electron chi connectivity index (χ1n) is 6.27. The fourth-order valence-corrected chi connectivity index (χ4v) is 2.39. The Morgan fingerprint density at radius 2 is 2.12 bits per heavy atom. The standard InChI is InChI=1S/C14H21N3/c1-10(2)9-13-12-6-4-5-11(7-8-15)14(12)17(3)16-13/h4-6,10H,7-9,15H2,1-3H3. The Morgan fingerprint density at radius 1 is 1.35 bits per heavy atom. The van der Waals surface area contributed by atoms with Gasteiger partial charge >= 0.3 is 0 Å². The zero-order chi connectivity index (χ0) is 12.4. The molecular weight excluding hydrogens is 210 g/mol. The lowest BCUT2D eigenvalue weighted by molar-refractivity contribution is 0.624. The van der Waals surface area contributed by atoms with Crippen LogP contribution in [0.25, 0.3) is 10.9 Å². The fraction of sp³-hybridized carbons (Fsp3) is 0.500. The molecular formula is C14H21N3. The maximum absolute atomic E-state index is 5.66. The molecule has 1 aromatic heterocycles. The number of aromatic nitrogens is 2. The number of rotatable bonds is 4. The van der Waals surface area contributed by atoms with Crippen LogP contribution in [0.2, 0.25) is 0 Å². The molecule has 2 rings (SSSR count). The predicted molar refractivity (Wildman–Crippen MR) is 72.0 cm³/mol. The van der Waals surface area contributed by atoms with Gasteiger partial charge < -0.3 is 5.73 Å². The summed E-state index contributed by atoms with van der Waals surface area (Å²) in [4.78, 5) is 0. The topological polar surface area (TPSA) is 43.8 Å². The summed E-state index contributed by atoms with van der Waals surface area (Å²) in [6.07, 6.45) is 1.95. The van der Waals surface area contributed by atoms with Crippen LogP contribution < -0.4 is 5.73 Å². The van der Waals surface area contributed by atoms with Crippen molar-refractivity contribution in [2.24, 2.45) is 18.7 Å². The van der Waals surface area contributed by atoms with Crippen LogP contribution in [-0.4, -0.2) is 16.3 Å². The van der Waals surface area contributed by atoms with Crippen molar-refractivity contribution in [2.75, 3.05) is 6.54 Å². The van der Waals surface area contributed by atoms with Crippen LogP contribution in [0.5, 0.6) is 0 Å². The molecule has 0 atom stereocenters. The number of fused-ring (bicyclic) bond motifs is 1. The van der Waals surface area contributed by atoms with E-state index < -0.39 is 0 Å². The normalized spacial score (nSPS) is 11.6. The highest BCUT2D eigenvalue weighted by molar-refractivity contribution is 5.85. The van der Waals surface area contributed by atoms with Crippen molar-refractivity contribution in [1.82, 2.24) is 9.78 Å². The average Bonchev–Trinajstić information content (AvgIpc) is 2.57. The SMILES string of the molecule is CC(C)Cc1nn(C)c2c(CCN)cccc12. The summed E-state index contributed by atoms with van der Waals surface area (Å²) in [5, 5.41) is 5.93. The summed E-state index contributed by atoms with van der Waals surface area (Å²) >= 11 is 0. The minimum absolute atomic E-state index is 0.631. The van der Waals surface area contributed by atoms with E-state index in [4.69, 9.17) is 5.73 Å². The van der Waals surface area contributed by atoms with Gasteiger partial charge in [0.25, 0.3) is 0 Å². The van der Waals surface area contributed by atoms with Crippen LogP contribution in [-0.2, 0) is 19.9 Å². The van der Waals surface area contributed by atoms with Crippen molar-refractivity contribution in [1.29, 1.82) is 0 Å². The first kappa shape index (κ1) is 12.1. The highest BCUT2D eigenvalue weighted by Gasteiger charge is 2.12. The Labute approximate surface area is 103 Å². The number of benzene rings is 1. The van der Waals surface area contributed by atoms with Gasteiger partial charge in [0.15, 0.2) is 0 Å². The van der Waals surface area contributed by atoms with Crippen LogP contribution in [0, 0.1) is 5.92 Å². The van der Waals surface area contributed by atoms with Crippen LogP contribution in [0.4, 0.5) is 0 Å². The Kier molecular flexibility index (Phi) is 3.48. The molecule has 0 aliphatic carbocycles. The molecule has 0 radical (unpaired) electrons. The lowest BCUT2D eigenvalue weighted by Crippen LogP contribution is -2.04. The highest BCUT2D eigenvalue weighted by atomic mass is 15.3. The minimum atomic E-state index is 0.631. The summed E-state index contributed by atoms with van der Waals surface area (Å²) in [6, 6.07) is 6.43. The molecule has 0 saturated carbocycles. The van der Waals surface area contributed by atoms with Gasteiger partial charge in [-0.05, 0) is 30.9 Å². The number of para-hydroxylation sites is 1. The third-order valence-corrected chi connectivity index (χ3v) is 3.04. The molecule has 0 fully saturated rings. The first-order valence-corrected chi connectivity index (χ1v) is 6.27. The molecule has 0 aliphatic rings. The van der Waals surface area contributed by atoms with Crippen LogP contribution in [0.3, 0.4) is 0 Å². The number of hydrogen-bond acceptors (Lipinski definition) is 2. The quantitative estimate of drug-likeness (QED) is 0.877. The summed E-state index contributed by atoms with van der Waals surface area (Å²) in [7, 11) is 2.02. The maximum atomic E-state index is 5.66. The zero-order valence-corrected chi connectivity index (χ0v) is 10.9. The molecule has 3 nitrogen and oxygen atoms in total. The largest absolute Gasteiger partial charge is 0.330 e. The van der Waals surface area contributed by atoms with Crippen molar-refractivity contribution in [2.45, 2.75) is 26.7 Å². The van der Waals surface area contributed by atoms with E-state index >= 15 is 0 Å². The number of aryl methyl sites for hydroxylation is 1. The van der Waals surface area contributed by atoms with Crippen LogP contribution in [0.1, 0.15) is 25.1 Å². The predicted octanol–water partition coefficient (Wildman–Crippen LogP) is 2.27. The van der Waals surface area contributed by atoms with E-state index in [2.05, 4.69) is 37.1 Å². The van der Waals surface area contributed by atoms with Gasteiger partial charge in [0, 0.05) is 12.4 Å². The van der Waals surface area contributed by atoms with Crippen LogP contribution >= 0.6 is 0 Å². The number of nitrogens with two attached hydrogens (primary N) is 1. The number of nitrogens with zero attached hydrogens (tertiary/aromatic N) is 2. The van der Waals surface area contributed by atoms with E-state index in [0.29, 0.717) is 12.5 Å². The van der Waals surface area contributed by atoms with Gasteiger partial charge in [0.2, 0.25) is 0 Å². The summed E-state index contributed by atoms with van der Waals surface area (Å²) in [5.41, 5.74) is 9.41. The minimum Gasteiger partial charge on any atom is -0.330 e. The summed E-state index contributed by atoms with van der Waals surface area (Å²) < 4.78 is 2.00. The molecule has 1 heterocycles.